The Kier molecular flexibility index (Phi) is 9.05. The fourth-order valence-corrected chi connectivity index (χ4v) is 6.36. The summed E-state index contributed by atoms with van der Waals surface area (Å²) in [5.74, 6) is 1.24. The minimum atomic E-state index is -0.891. The van der Waals surface area contributed by atoms with Gasteiger partial charge in [-0.3, -0.25) is 19.5 Å². The lowest BCUT2D eigenvalue weighted by Crippen LogP contribution is -2.40. The van der Waals surface area contributed by atoms with Crippen LogP contribution in [0, 0.1) is 24.0 Å². The Morgan fingerprint density at radius 3 is 2.58 bits per heavy atom. The van der Waals surface area contributed by atoms with Gasteiger partial charge >= 0.3 is 5.97 Å². The summed E-state index contributed by atoms with van der Waals surface area (Å²) in [5, 5.41) is 11.6. The van der Waals surface area contributed by atoms with Crippen LogP contribution in [0.15, 0.2) is 67.9 Å². The number of benzene rings is 2. The molecule has 45 heavy (non-hydrogen) atoms. The number of ether oxygens (including phenoxy) is 3. The lowest BCUT2D eigenvalue weighted by molar-refractivity contribution is -0.385. The number of allylic oxidation sites excluding steroid dienone is 1. The Morgan fingerprint density at radius 1 is 1.13 bits per heavy atom. The molecule has 3 heterocycles. The number of fused-ring (bicyclic) bond motifs is 1. The van der Waals surface area contributed by atoms with E-state index in [9.17, 15) is 19.7 Å². The second kappa shape index (κ2) is 12.9. The second-order valence-electron chi connectivity index (χ2n) is 10.4. The molecule has 1 aliphatic heterocycles. The predicted molar refractivity (Wildman–Crippen MR) is 169 cm³/mol. The van der Waals surface area contributed by atoms with Gasteiger partial charge in [0.1, 0.15) is 29.1 Å². The number of carbonyl (C=O) groups excluding carboxylic acids is 1. The molecule has 0 spiro atoms. The second-order valence-corrected chi connectivity index (χ2v) is 11.4. The van der Waals surface area contributed by atoms with Crippen LogP contribution < -0.4 is 24.4 Å². The molecule has 1 aliphatic rings. The highest BCUT2D eigenvalue weighted by molar-refractivity contribution is 7.07. The first-order chi connectivity index (χ1) is 21.6. The fraction of sp³-hybridized carbons (Fsp3) is 0.303. The monoisotopic (exact) mass is 631 g/mol. The van der Waals surface area contributed by atoms with Gasteiger partial charge in [-0.25, -0.2) is 9.79 Å². The molecular formula is C33H33N3O8S. The van der Waals surface area contributed by atoms with E-state index in [0.717, 1.165) is 5.56 Å². The summed E-state index contributed by atoms with van der Waals surface area (Å²) in [7, 11) is 3.06. The summed E-state index contributed by atoms with van der Waals surface area (Å²) in [4.78, 5) is 44.0. The number of furan rings is 1. The van der Waals surface area contributed by atoms with Crippen molar-refractivity contribution in [2.24, 2.45) is 4.99 Å². The molecule has 2 aromatic carbocycles. The molecule has 5 rings (SSSR count). The number of thiazole rings is 1. The molecule has 12 heteroatoms. The van der Waals surface area contributed by atoms with E-state index >= 15 is 0 Å². The number of nitro benzene ring substituents is 1. The Labute approximate surface area is 262 Å². The summed E-state index contributed by atoms with van der Waals surface area (Å²) in [6.45, 7) is 7.38. The minimum absolute atomic E-state index is 0.00418. The van der Waals surface area contributed by atoms with Crippen molar-refractivity contribution in [3.8, 4) is 22.8 Å². The first kappa shape index (κ1) is 31.5. The van der Waals surface area contributed by atoms with Gasteiger partial charge in [0, 0.05) is 28.8 Å². The first-order valence-electron chi connectivity index (χ1n) is 14.4. The molecule has 0 N–H and O–H groups in total. The SMILES string of the molecule is CCCC1=C(C(=O)OCC)[C@@H](c2cc(OC)ccc2OC)n2c(s/c(=C\c3ccc(-c4cc(C)c(C)c([N+](=O)[O-])c4)o3)c2=O)=N1. The van der Waals surface area contributed by atoms with E-state index in [1.165, 1.54) is 36.2 Å². The highest BCUT2D eigenvalue weighted by Crippen LogP contribution is 2.39. The number of rotatable bonds is 10. The van der Waals surface area contributed by atoms with Gasteiger partial charge in [0.15, 0.2) is 4.80 Å². The Bertz CT molecular complexity index is 2020. The number of methoxy groups -OCH3 is 2. The lowest BCUT2D eigenvalue weighted by Gasteiger charge is -2.27. The molecule has 2 aromatic heterocycles. The summed E-state index contributed by atoms with van der Waals surface area (Å²) >= 11 is 1.17. The van der Waals surface area contributed by atoms with Gasteiger partial charge < -0.3 is 18.6 Å². The van der Waals surface area contributed by atoms with Gasteiger partial charge in [0.2, 0.25) is 0 Å². The van der Waals surface area contributed by atoms with Crippen LogP contribution >= 0.6 is 11.3 Å². The third-order valence-electron chi connectivity index (χ3n) is 7.64. The van der Waals surface area contributed by atoms with E-state index in [1.54, 1.807) is 50.3 Å². The summed E-state index contributed by atoms with van der Waals surface area (Å²) in [6, 6.07) is 11.0. The van der Waals surface area contributed by atoms with Crippen LogP contribution in [0.1, 0.15) is 55.2 Å². The van der Waals surface area contributed by atoms with Crippen molar-refractivity contribution in [3.63, 3.8) is 0 Å². The average molecular weight is 632 g/mol. The number of carbonyl (C=O) groups is 1. The molecule has 234 valence electrons. The van der Waals surface area contributed by atoms with Crippen LogP contribution in [0.2, 0.25) is 0 Å². The Hall–Kier alpha value is -4.97. The van der Waals surface area contributed by atoms with Gasteiger partial charge in [-0.2, -0.15) is 0 Å². The first-order valence-corrected chi connectivity index (χ1v) is 15.2. The molecule has 0 amide bonds. The zero-order chi connectivity index (χ0) is 32.4. The van der Waals surface area contributed by atoms with Gasteiger partial charge in [-0.1, -0.05) is 24.7 Å². The number of nitrogens with zero attached hydrogens (tertiary/aromatic N) is 3. The number of aryl methyl sites for hydroxylation is 1. The topological polar surface area (TPSA) is 135 Å². The summed E-state index contributed by atoms with van der Waals surface area (Å²) < 4.78 is 24.5. The van der Waals surface area contributed by atoms with Crippen molar-refractivity contribution >= 4 is 29.1 Å². The largest absolute Gasteiger partial charge is 0.497 e. The third kappa shape index (κ3) is 5.93. The van der Waals surface area contributed by atoms with E-state index in [2.05, 4.69) is 0 Å². The number of aromatic nitrogens is 1. The van der Waals surface area contributed by atoms with E-state index in [4.69, 9.17) is 23.6 Å². The van der Waals surface area contributed by atoms with Gasteiger partial charge in [-0.05, 0) is 69.2 Å². The molecule has 11 nitrogen and oxygen atoms in total. The van der Waals surface area contributed by atoms with Crippen LogP contribution in [-0.4, -0.2) is 36.3 Å². The zero-order valence-electron chi connectivity index (χ0n) is 25.8. The Morgan fingerprint density at radius 2 is 1.91 bits per heavy atom. The molecule has 0 bridgehead atoms. The number of nitro groups is 1. The maximum Gasteiger partial charge on any atom is 0.338 e. The maximum atomic E-state index is 14.1. The fourth-order valence-electron chi connectivity index (χ4n) is 5.36. The summed E-state index contributed by atoms with van der Waals surface area (Å²) in [5.41, 5.74) is 2.88. The van der Waals surface area contributed by atoms with Crippen molar-refractivity contribution in [1.29, 1.82) is 0 Å². The standard InChI is InChI=1S/C33H33N3O8S/c1-7-9-24-29(32(38)43-8-2)30(23-16-21(41-5)10-13-27(23)42-6)35-31(37)28(45-33(35)34-24)17-22-11-12-26(44-22)20-14-18(3)19(4)25(15-20)36(39)40/h10-17,30H,7-9H2,1-6H3/b28-17-/t30-/m1/s1. The van der Waals surface area contributed by atoms with E-state index in [1.807, 2.05) is 19.9 Å². The zero-order valence-corrected chi connectivity index (χ0v) is 26.6. The van der Waals surface area contributed by atoms with Crippen LogP contribution in [0.4, 0.5) is 5.69 Å². The highest BCUT2D eigenvalue weighted by atomic mass is 32.1. The number of hydrogen-bond acceptors (Lipinski definition) is 10. The van der Waals surface area contributed by atoms with Crippen LogP contribution in [0.5, 0.6) is 11.5 Å². The molecule has 0 radical (unpaired) electrons. The molecular weight excluding hydrogens is 598 g/mol. The van der Waals surface area contributed by atoms with Crippen molar-refractivity contribution in [1.82, 2.24) is 4.57 Å². The molecule has 4 aromatic rings. The molecule has 0 fully saturated rings. The average Bonchev–Trinajstić information content (AvgIpc) is 3.61. The summed E-state index contributed by atoms with van der Waals surface area (Å²) in [6.07, 6.45) is 2.81. The third-order valence-corrected chi connectivity index (χ3v) is 8.63. The van der Waals surface area contributed by atoms with Gasteiger partial charge in [-0.15, -0.1) is 0 Å². The van der Waals surface area contributed by atoms with Crippen molar-refractivity contribution in [3.05, 3.63) is 106 Å². The highest BCUT2D eigenvalue weighted by Gasteiger charge is 2.36. The lowest BCUT2D eigenvalue weighted by atomic mass is 9.93. The van der Waals surface area contributed by atoms with Gasteiger partial charge in [0.25, 0.3) is 11.2 Å². The van der Waals surface area contributed by atoms with Crippen molar-refractivity contribution in [2.75, 3.05) is 20.8 Å². The molecule has 0 saturated heterocycles. The molecule has 0 saturated carbocycles. The predicted octanol–water partition coefficient (Wildman–Crippen LogP) is 5.38. The van der Waals surface area contributed by atoms with E-state index in [-0.39, 0.29) is 23.4 Å². The van der Waals surface area contributed by atoms with Crippen molar-refractivity contribution < 1.29 is 28.3 Å². The van der Waals surface area contributed by atoms with Gasteiger partial charge in [0.05, 0.1) is 41.6 Å². The van der Waals surface area contributed by atoms with Crippen LogP contribution in [0.3, 0.4) is 0 Å². The number of hydrogen-bond donors (Lipinski definition) is 0. The van der Waals surface area contributed by atoms with E-state index in [0.29, 0.717) is 67.6 Å². The normalized spacial score (nSPS) is 14.6. The van der Waals surface area contributed by atoms with Crippen molar-refractivity contribution in [2.45, 2.75) is 46.6 Å². The van der Waals surface area contributed by atoms with Crippen LogP contribution in [-0.2, 0) is 9.53 Å². The molecule has 0 unspecified atom stereocenters. The quantitative estimate of drug-likeness (QED) is 0.129. The molecule has 0 aliphatic carbocycles. The smallest absolute Gasteiger partial charge is 0.338 e. The minimum Gasteiger partial charge on any atom is -0.497 e. The molecule has 1 atom stereocenters. The van der Waals surface area contributed by atoms with Crippen LogP contribution in [0.25, 0.3) is 17.4 Å². The Balaban J connectivity index is 1.70. The van der Waals surface area contributed by atoms with E-state index < -0.39 is 16.9 Å². The maximum absolute atomic E-state index is 14.1. The number of esters is 1.